The average Bonchev–Trinajstić information content (AvgIpc) is 3.51. The summed E-state index contributed by atoms with van der Waals surface area (Å²) in [6, 6.07) is 8.81. The number of carbonyl (C=O) groups excluding carboxylic acids is 1. The maximum Gasteiger partial charge on any atom is 0.326 e. The number of carbonyl (C=O) groups is 2. The van der Waals surface area contributed by atoms with E-state index >= 15 is 0 Å². The van der Waals surface area contributed by atoms with Gasteiger partial charge >= 0.3 is 5.97 Å². The fourth-order valence-electron chi connectivity index (χ4n) is 5.39. The predicted molar refractivity (Wildman–Crippen MR) is 138 cm³/mol. The zero-order valence-corrected chi connectivity index (χ0v) is 20.7. The number of fused-ring (bicyclic) bond motifs is 2. The average molecular weight is 491 g/mol. The van der Waals surface area contributed by atoms with Gasteiger partial charge in [-0.05, 0) is 74.8 Å². The summed E-state index contributed by atoms with van der Waals surface area (Å²) in [4.78, 5) is 31.9. The molecule has 2 aromatic heterocycles. The molecule has 9 nitrogen and oxygen atoms in total. The smallest absolute Gasteiger partial charge is 0.326 e. The Hall–Kier alpha value is -3.46. The molecule has 4 heterocycles. The third-order valence-corrected chi connectivity index (χ3v) is 7.50. The van der Waals surface area contributed by atoms with Crippen LogP contribution in [0.2, 0.25) is 0 Å². The van der Waals surface area contributed by atoms with E-state index < -0.39 is 12.0 Å². The Bertz CT molecular complexity index is 1260. The van der Waals surface area contributed by atoms with Gasteiger partial charge in [-0.1, -0.05) is 12.1 Å². The van der Waals surface area contributed by atoms with Crippen molar-refractivity contribution in [2.24, 2.45) is 13.0 Å². The highest BCUT2D eigenvalue weighted by Crippen LogP contribution is 2.24. The number of amides is 1. The van der Waals surface area contributed by atoms with E-state index in [0.717, 1.165) is 62.3 Å². The second-order valence-electron chi connectivity index (χ2n) is 9.99. The number of pyridine rings is 1. The maximum atomic E-state index is 12.9. The number of rotatable bonds is 9. The van der Waals surface area contributed by atoms with E-state index in [0.29, 0.717) is 29.8 Å². The quantitative estimate of drug-likeness (QED) is 0.423. The number of likely N-dealkylation sites (tertiary alicyclic amines) is 1. The summed E-state index contributed by atoms with van der Waals surface area (Å²) in [5.41, 5.74) is 3.73. The Labute approximate surface area is 210 Å². The van der Waals surface area contributed by atoms with Gasteiger partial charge in [0, 0.05) is 37.8 Å². The van der Waals surface area contributed by atoms with Crippen molar-refractivity contribution in [1.29, 1.82) is 0 Å². The number of carboxylic acid groups (broad SMARTS) is 1. The number of hydrogen-bond acceptors (Lipinski definition) is 6. The third kappa shape index (κ3) is 5.36. The van der Waals surface area contributed by atoms with Crippen LogP contribution in [0.3, 0.4) is 0 Å². The Balaban J connectivity index is 1.11. The van der Waals surface area contributed by atoms with Gasteiger partial charge in [-0.25, -0.2) is 9.78 Å². The summed E-state index contributed by atoms with van der Waals surface area (Å²) in [6.07, 6.45) is 7.42. The van der Waals surface area contributed by atoms with Gasteiger partial charge in [0.25, 0.3) is 5.91 Å². The van der Waals surface area contributed by atoms with Crippen LogP contribution >= 0.6 is 0 Å². The van der Waals surface area contributed by atoms with Crippen LogP contribution in [0.5, 0.6) is 0 Å². The fraction of sp³-hybridized carbons (Fsp3) is 0.481. The monoisotopic (exact) mass is 490 g/mol. The Morgan fingerprint density at radius 1 is 1.28 bits per heavy atom. The van der Waals surface area contributed by atoms with Crippen LogP contribution in [0.15, 0.2) is 36.5 Å². The SMILES string of the molecule is Cn1ncc2c(C(=O)NC(CCN3CC[C@H](CCc4ccc5c(n4)NCCC5)C3)C(=O)O)cccc21. The molecule has 36 heavy (non-hydrogen) atoms. The molecule has 0 radical (unpaired) electrons. The van der Waals surface area contributed by atoms with E-state index in [1.165, 1.54) is 12.0 Å². The zero-order chi connectivity index (χ0) is 25.1. The Morgan fingerprint density at radius 3 is 3.03 bits per heavy atom. The molecule has 0 spiro atoms. The first-order chi connectivity index (χ1) is 17.5. The molecule has 1 fully saturated rings. The molecule has 2 aliphatic heterocycles. The van der Waals surface area contributed by atoms with Crippen LogP contribution in [0, 0.1) is 5.92 Å². The molecule has 1 saturated heterocycles. The molecule has 3 N–H and O–H groups in total. The van der Waals surface area contributed by atoms with Crippen LogP contribution in [0.1, 0.15) is 47.3 Å². The molecule has 0 saturated carbocycles. The number of aryl methyl sites for hydroxylation is 3. The lowest BCUT2D eigenvalue weighted by Crippen LogP contribution is -2.43. The largest absolute Gasteiger partial charge is 0.480 e. The summed E-state index contributed by atoms with van der Waals surface area (Å²) < 4.78 is 1.70. The van der Waals surface area contributed by atoms with Crippen molar-refractivity contribution in [1.82, 2.24) is 25.0 Å². The molecule has 9 heteroatoms. The molecule has 1 amide bonds. The Morgan fingerprint density at radius 2 is 2.17 bits per heavy atom. The molecule has 1 unspecified atom stereocenters. The van der Waals surface area contributed by atoms with Gasteiger partial charge in [-0.15, -0.1) is 0 Å². The van der Waals surface area contributed by atoms with Crippen molar-refractivity contribution < 1.29 is 14.7 Å². The van der Waals surface area contributed by atoms with Crippen molar-refractivity contribution in [3.8, 4) is 0 Å². The molecule has 190 valence electrons. The minimum Gasteiger partial charge on any atom is -0.480 e. The highest BCUT2D eigenvalue weighted by atomic mass is 16.4. The van der Waals surface area contributed by atoms with Gasteiger partial charge < -0.3 is 20.6 Å². The number of benzene rings is 1. The van der Waals surface area contributed by atoms with Crippen molar-refractivity contribution in [3.05, 3.63) is 53.3 Å². The van der Waals surface area contributed by atoms with E-state index in [1.807, 2.05) is 13.1 Å². The second-order valence-corrected chi connectivity index (χ2v) is 9.99. The number of nitrogens with one attached hydrogen (secondary N) is 2. The molecular weight excluding hydrogens is 456 g/mol. The van der Waals surface area contributed by atoms with Crippen molar-refractivity contribution in [2.75, 3.05) is 31.5 Å². The van der Waals surface area contributed by atoms with E-state index in [9.17, 15) is 14.7 Å². The molecule has 0 bridgehead atoms. The minimum atomic E-state index is -1.01. The third-order valence-electron chi connectivity index (χ3n) is 7.50. The lowest BCUT2D eigenvalue weighted by Gasteiger charge is -2.20. The van der Waals surface area contributed by atoms with Crippen LogP contribution in [-0.4, -0.2) is 68.9 Å². The summed E-state index contributed by atoms with van der Waals surface area (Å²) in [7, 11) is 1.81. The summed E-state index contributed by atoms with van der Waals surface area (Å²) >= 11 is 0. The van der Waals surface area contributed by atoms with Crippen molar-refractivity contribution in [2.45, 2.75) is 44.6 Å². The highest BCUT2D eigenvalue weighted by Gasteiger charge is 2.26. The van der Waals surface area contributed by atoms with Gasteiger partial charge in [0.1, 0.15) is 11.9 Å². The summed E-state index contributed by atoms with van der Waals surface area (Å²) in [5, 5.41) is 20.8. The van der Waals surface area contributed by atoms with Crippen LogP contribution < -0.4 is 10.6 Å². The first-order valence-corrected chi connectivity index (χ1v) is 12.9. The molecule has 3 aromatic rings. The molecule has 0 aliphatic carbocycles. The van der Waals surface area contributed by atoms with E-state index in [2.05, 4.69) is 32.8 Å². The lowest BCUT2D eigenvalue weighted by molar-refractivity contribution is -0.139. The number of carboxylic acids is 1. The fourth-order valence-corrected chi connectivity index (χ4v) is 5.39. The highest BCUT2D eigenvalue weighted by molar-refractivity contribution is 6.07. The molecular formula is C27H34N6O3. The molecule has 2 aliphatic rings. The van der Waals surface area contributed by atoms with Crippen LogP contribution in [0.4, 0.5) is 5.82 Å². The van der Waals surface area contributed by atoms with Gasteiger partial charge in [0.2, 0.25) is 0 Å². The summed E-state index contributed by atoms with van der Waals surface area (Å²) in [6.45, 7) is 3.56. The lowest BCUT2D eigenvalue weighted by atomic mass is 10.00. The standard InChI is InChI=1S/C27H34N6O3/c1-32-24-6-2-5-21(22(24)16-29-32)26(34)31-23(27(35)36)12-15-33-14-11-18(17-33)7-9-20-10-8-19-4-3-13-28-25(19)30-20/h2,5-6,8,10,16,18,23H,3-4,7,9,11-15,17H2,1H3,(H,28,30)(H,31,34)(H,35,36)/t18-,23?/m0/s1. The normalized spacial score (nSPS) is 18.5. The number of aromatic nitrogens is 3. The Kier molecular flexibility index (Phi) is 7.18. The number of aliphatic carboxylic acids is 1. The number of hydrogen-bond donors (Lipinski definition) is 3. The van der Waals surface area contributed by atoms with E-state index in [1.54, 1.807) is 23.0 Å². The molecule has 2 atom stereocenters. The van der Waals surface area contributed by atoms with Gasteiger partial charge in [-0.3, -0.25) is 9.48 Å². The first kappa shape index (κ1) is 24.2. The minimum absolute atomic E-state index is 0.370. The van der Waals surface area contributed by atoms with E-state index in [4.69, 9.17) is 4.98 Å². The molecule has 5 rings (SSSR count). The van der Waals surface area contributed by atoms with Gasteiger partial charge in [0.05, 0.1) is 17.3 Å². The maximum absolute atomic E-state index is 12.9. The van der Waals surface area contributed by atoms with Crippen molar-refractivity contribution in [3.63, 3.8) is 0 Å². The van der Waals surface area contributed by atoms with Gasteiger partial charge in [0.15, 0.2) is 0 Å². The van der Waals surface area contributed by atoms with Crippen LogP contribution in [0.25, 0.3) is 10.9 Å². The number of anilines is 1. The van der Waals surface area contributed by atoms with Crippen LogP contribution in [-0.2, 0) is 24.7 Å². The first-order valence-electron chi connectivity index (χ1n) is 12.9. The zero-order valence-electron chi connectivity index (χ0n) is 20.7. The summed E-state index contributed by atoms with van der Waals surface area (Å²) in [5.74, 6) is 0.238. The van der Waals surface area contributed by atoms with Crippen molar-refractivity contribution >= 4 is 28.6 Å². The number of nitrogens with zero attached hydrogens (tertiary/aromatic N) is 4. The van der Waals surface area contributed by atoms with E-state index in [-0.39, 0.29) is 5.91 Å². The van der Waals surface area contributed by atoms with Gasteiger partial charge in [-0.2, -0.15) is 5.10 Å². The second kappa shape index (κ2) is 10.7. The molecule has 1 aromatic carbocycles. The predicted octanol–water partition coefficient (Wildman–Crippen LogP) is 2.85. The topological polar surface area (TPSA) is 112 Å².